The predicted octanol–water partition coefficient (Wildman–Crippen LogP) is 3.51. The number of alkyl halides is 3. The van der Waals surface area contributed by atoms with Gasteiger partial charge in [0, 0.05) is 23.9 Å². The maximum atomic E-state index is 13.2. The van der Waals surface area contributed by atoms with Gasteiger partial charge in [-0.2, -0.15) is 13.2 Å². The van der Waals surface area contributed by atoms with Gasteiger partial charge in [-0.15, -0.1) is 0 Å². The molecule has 0 aliphatic carbocycles. The van der Waals surface area contributed by atoms with E-state index >= 15 is 0 Å². The summed E-state index contributed by atoms with van der Waals surface area (Å²) in [6, 6.07) is 3.52. The third kappa shape index (κ3) is 2.88. The molecule has 0 saturated heterocycles. The number of imidazole rings is 1. The molecule has 0 bridgehead atoms. The summed E-state index contributed by atoms with van der Waals surface area (Å²) < 4.78 is 41.7. The molecule has 0 saturated carbocycles. The van der Waals surface area contributed by atoms with Gasteiger partial charge < -0.3 is 9.88 Å². The van der Waals surface area contributed by atoms with Crippen molar-refractivity contribution >= 4 is 15.9 Å². The molecule has 20 heavy (non-hydrogen) atoms. The minimum absolute atomic E-state index is 0.150. The summed E-state index contributed by atoms with van der Waals surface area (Å²) in [4.78, 5) is 4.13. The number of halogens is 4. The number of aromatic nitrogens is 2. The van der Waals surface area contributed by atoms with Crippen molar-refractivity contribution in [1.29, 1.82) is 0 Å². The molecule has 1 aromatic carbocycles. The molecule has 0 radical (unpaired) electrons. The molecule has 1 N–H and O–H groups in total. The third-order valence-corrected chi connectivity index (χ3v) is 3.53. The van der Waals surface area contributed by atoms with Gasteiger partial charge in [0.05, 0.1) is 11.6 Å². The van der Waals surface area contributed by atoms with E-state index in [9.17, 15) is 13.2 Å². The van der Waals surface area contributed by atoms with Gasteiger partial charge in [-0.1, -0.05) is 22.0 Å². The summed E-state index contributed by atoms with van der Waals surface area (Å²) in [6.07, 6.45) is -1.16. The standard InChI is InChI=1S/C13H13BrF3N3/c1-18-11(12-19-5-6-20(12)2)9-4-3-8(14)7-10(9)13(15,16)17/h3-7,11,18H,1-2H3. The quantitative estimate of drug-likeness (QED) is 0.920. The van der Waals surface area contributed by atoms with Gasteiger partial charge >= 0.3 is 6.18 Å². The van der Waals surface area contributed by atoms with Crippen molar-refractivity contribution in [3.8, 4) is 0 Å². The molecule has 1 unspecified atom stereocenters. The van der Waals surface area contributed by atoms with Crippen LogP contribution in [0, 0.1) is 0 Å². The van der Waals surface area contributed by atoms with E-state index in [0.29, 0.717) is 10.3 Å². The summed E-state index contributed by atoms with van der Waals surface area (Å²) in [7, 11) is 3.36. The first-order valence-corrected chi connectivity index (χ1v) is 6.65. The highest BCUT2D eigenvalue weighted by Gasteiger charge is 2.36. The van der Waals surface area contributed by atoms with Crippen molar-refractivity contribution < 1.29 is 13.2 Å². The number of nitrogens with one attached hydrogen (secondary N) is 1. The number of hydrogen-bond donors (Lipinski definition) is 1. The molecule has 7 heteroatoms. The van der Waals surface area contributed by atoms with Gasteiger partial charge in [-0.05, 0) is 24.7 Å². The van der Waals surface area contributed by atoms with Gasteiger partial charge in [-0.3, -0.25) is 0 Å². The zero-order valence-electron chi connectivity index (χ0n) is 10.9. The highest BCUT2D eigenvalue weighted by atomic mass is 79.9. The highest BCUT2D eigenvalue weighted by molar-refractivity contribution is 9.10. The normalized spacial score (nSPS) is 13.5. The molecule has 0 fully saturated rings. The van der Waals surface area contributed by atoms with Crippen molar-refractivity contribution in [2.45, 2.75) is 12.2 Å². The Labute approximate surface area is 123 Å². The molecule has 2 aromatic rings. The van der Waals surface area contributed by atoms with Crippen LogP contribution >= 0.6 is 15.9 Å². The Morgan fingerprint density at radius 2 is 2.05 bits per heavy atom. The summed E-state index contributed by atoms with van der Waals surface area (Å²) in [5.74, 6) is 0.528. The van der Waals surface area contributed by atoms with Crippen LogP contribution in [0.4, 0.5) is 13.2 Å². The van der Waals surface area contributed by atoms with E-state index in [0.717, 1.165) is 6.07 Å². The van der Waals surface area contributed by atoms with Crippen molar-refractivity contribution in [2.75, 3.05) is 7.05 Å². The SMILES string of the molecule is CNC(c1ccc(Br)cc1C(F)(F)F)c1nccn1C. The lowest BCUT2D eigenvalue weighted by Gasteiger charge is -2.21. The van der Waals surface area contributed by atoms with Crippen molar-refractivity contribution in [3.63, 3.8) is 0 Å². The Balaban J connectivity index is 2.59. The fourth-order valence-corrected chi connectivity index (χ4v) is 2.47. The Bertz CT molecular complexity index is 607. The number of rotatable bonds is 3. The first kappa shape index (κ1) is 15.1. The van der Waals surface area contributed by atoms with E-state index < -0.39 is 17.8 Å². The predicted molar refractivity (Wildman–Crippen MR) is 73.3 cm³/mol. The summed E-state index contributed by atoms with van der Waals surface area (Å²) in [5.41, 5.74) is -0.522. The van der Waals surface area contributed by atoms with Crippen LogP contribution in [0.5, 0.6) is 0 Å². The Morgan fingerprint density at radius 1 is 1.35 bits per heavy atom. The van der Waals surface area contributed by atoms with Crippen molar-refractivity contribution in [3.05, 3.63) is 52.0 Å². The summed E-state index contributed by atoms with van der Waals surface area (Å²) in [5, 5.41) is 2.89. The van der Waals surface area contributed by atoms with E-state index in [1.807, 2.05) is 0 Å². The second kappa shape index (κ2) is 5.57. The summed E-state index contributed by atoms with van der Waals surface area (Å²) in [6.45, 7) is 0. The molecular formula is C13H13BrF3N3. The average molecular weight is 348 g/mol. The fraction of sp³-hybridized carbons (Fsp3) is 0.308. The zero-order valence-corrected chi connectivity index (χ0v) is 12.5. The number of hydrogen-bond acceptors (Lipinski definition) is 2. The largest absolute Gasteiger partial charge is 0.416 e. The Hall–Kier alpha value is -1.34. The van der Waals surface area contributed by atoms with Gasteiger partial charge in [-0.25, -0.2) is 4.98 Å². The van der Waals surface area contributed by atoms with Crippen LogP contribution in [0.2, 0.25) is 0 Å². The summed E-state index contributed by atoms with van der Waals surface area (Å²) >= 11 is 3.08. The lowest BCUT2D eigenvalue weighted by atomic mass is 9.99. The van der Waals surface area contributed by atoms with E-state index in [1.165, 1.54) is 6.07 Å². The topological polar surface area (TPSA) is 29.9 Å². The minimum Gasteiger partial charge on any atom is -0.336 e. The van der Waals surface area contributed by atoms with Gasteiger partial charge in [0.15, 0.2) is 0 Å². The molecule has 0 amide bonds. The number of aryl methyl sites for hydroxylation is 1. The van der Waals surface area contributed by atoms with Gasteiger partial charge in [0.2, 0.25) is 0 Å². The molecule has 2 rings (SSSR count). The van der Waals surface area contributed by atoms with E-state index in [1.54, 1.807) is 37.1 Å². The maximum absolute atomic E-state index is 13.2. The molecule has 0 spiro atoms. The van der Waals surface area contributed by atoms with Crippen LogP contribution in [0.1, 0.15) is 23.0 Å². The van der Waals surface area contributed by atoms with E-state index in [-0.39, 0.29) is 5.56 Å². The molecule has 1 aromatic heterocycles. The lowest BCUT2D eigenvalue weighted by Crippen LogP contribution is -2.24. The smallest absolute Gasteiger partial charge is 0.336 e. The Kier molecular flexibility index (Phi) is 4.19. The highest BCUT2D eigenvalue weighted by Crippen LogP contribution is 2.37. The average Bonchev–Trinajstić information content (AvgIpc) is 2.77. The molecular weight excluding hydrogens is 335 g/mol. The Morgan fingerprint density at radius 3 is 2.55 bits per heavy atom. The number of benzene rings is 1. The second-order valence-electron chi connectivity index (χ2n) is 4.35. The molecule has 1 atom stereocenters. The first-order chi connectivity index (χ1) is 9.34. The van der Waals surface area contributed by atoms with Crippen LogP contribution in [-0.4, -0.2) is 16.6 Å². The minimum atomic E-state index is -4.42. The third-order valence-electron chi connectivity index (χ3n) is 3.04. The van der Waals surface area contributed by atoms with Crippen LogP contribution in [0.25, 0.3) is 0 Å². The van der Waals surface area contributed by atoms with Gasteiger partial charge in [0.1, 0.15) is 5.82 Å². The van der Waals surface area contributed by atoms with Crippen LogP contribution in [0.3, 0.4) is 0 Å². The van der Waals surface area contributed by atoms with Crippen molar-refractivity contribution in [1.82, 2.24) is 14.9 Å². The first-order valence-electron chi connectivity index (χ1n) is 5.85. The fourth-order valence-electron chi connectivity index (χ4n) is 2.10. The molecule has 1 heterocycles. The van der Waals surface area contributed by atoms with E-state index in [4.69, 9.17) is 0 Å². The molecule has 0 aliphatic heterocycles. The number of nitrogens with zero attached hydrogens (tertiary/aromatic N) is 2. The maximum Gasteiger partial charge on any atom is 0.416 e. The van der Waals surface area contributed by atoms with Crippen molar-refractivity contribution in [2.24, 2.45) is 7.05 Å². The zero-order chi connectivity index (χ0) is 14.9. The van der Waals surface area contributed by atoms with Crippen LogP contribution in [0.15, 0.2) is 35.1 Å². The van der Waals surface area contributed by atoms with Crippen LogP contribution < -0.4 is 5.32 Å². The molecule has 0 aliphatic rings. The van der Waals surface area contributed by atoms with Crippen LogP contribution in [-0.2, 0) is 13.2 Å². The van der Waals surface area contributed by atoms with E-state index in [2.05, 4.69) is 26.2 Å². The lowest BCUT2D eigenvalue weighted by molar-refractivity contribution is -0.138. The molecule has 108 valence electrons. The molecule has 3 nitrogen and oxygen atoms in total. The monoisotopic (exact) mass is 347 g/mol. The van der Waals surface area contributed by atoms with Gasteiger partial charge in [0.25, 0.3) is 0 Å². The second-order valence-corrected chi connectivity index (χ2v) is 5.26.